The number of nitrogens with two attached hydrogens (primary N) is 1. The van der Waals surface area contributed by atoms with Crippen LogP contribution in [-0.4, -0.2) is 25.8 Å². The molecule has 0 aliphatic carbocycles. The molecule has 0 heterocycles. The van der Waals surface area contributed by atoms with Gasteiger partial charge < -0.3 is 0 Å². The summed E-state index contributed by atoms with van der Waals surface area (Å²) >= 11 is 0. The second-order valence-electron chi connectivity index (χ2n) is 2.53. The summed E-state index contributed by atoms with van der Waals surface area (Å²) in [5.41, 5.74) is 0. The highest BCUT2D eigenvalue weighted by molar-refractivity contribution is 7.86. The van der Waals surface area contributed by atoms with Crippen molar-refractivity contribution in [3.8, 4) is 0 Å². The van der Waals surface area contributed by atoms with Crippen LogP contribution >= 0.6 is 0 Å². The van der Waals surface area contributed by atoms with Gasteiger partial charge in [-0.15, -0.1) is 0 Å². The van der Waals surface area contributed by atoms with Crippen molar-refractivity contribution in [1.82, 2.24) is 4.31 Å². The molecule has 0 radical (unpaired) electrons. The normalized spacial score (nSPS) is 12.9. The predicted molar refractivity (Wildman–Crippen MR) is 45.2 cm³/mol. The van der Waals surface area contributed by atoms with Crippen LogP contribution in [0.3, 0.4) is 0 Å². The molecule has 0 fully saturated rings. The first-order chi connectivity index (χ1) is 4.93. The highest BCUT2D eigenvalue weighted by Gasteiger charge is 2.19. The van der Waals surface area contributed by atoms with Crippen LogP contribution in [-0.2, 0) is 10.2 Å². The lowest BCUT2D eigenvalue weighted by Gasteiger charge is -2.22. The molecule has 0 aromatic rings. The molecule has 0 aromatic carbocycles. The molecule has 0 spiro atoms. The van der Waals surface area contributed by atoms with Crippen molar-refractivity contribution in [2.24, 2.45) is 5.14 Å². The van der Waals surface area contributed by atoms with E-state index in [4.69, 9.17) is 5.14 Å². The highest BCUT2D eigenvalue weighted by atomic mass is 32.2. The smallest absolute Gasteiger partial charge is 0.216 e. The standard InChI is InChI=1S/C6H16N2O2S/c1-4-6(5-2)8(3)11(7,9)10/h6H,4-5H2,1-3H3,(H2,7,9,10). The predicted octanol–water partition coefficient (Wildman–Crippen LogP) is 0.310. The van der Waals surface area contributed by atoms with E-state index in [-0.39, 0.29) is 6.04 Å². The Kier molecular flexibility index (Phi) is 3.99. The van der Waals surface area contributed by atoms with Gasteiger partial charge in [0.15, 0.2) is 0 Å². The summed E-state index contributed by atoms with van der Waals surface area (Å²) < 4.78 is 22.8. The summed E-state index contributed by atoms with van der Waals surface area (Å²) in [6.07, 6.45) is 1.59. The van der Waals surface area contributed by atoms with Crippen LogP contribution in [0.2, 0.25) is 0 Å². The molecule has 0 unspecified atom stereocenters. The van der Waals surface area contributed by atoms with E-state index in [1.165, 1.54) is 11.4 Å². The van der Waals surface area contributed by atoms with Gasteiger partial charge in [-0.2, -0.15) is 12.7 Å². The number of rotatable bonds is 4. The van der Waals surface area contributed by atoms with Gasteiger partial charge in [0.1, 0.15) is 0 Å². The van der Waals surface area contributed by atoms with Gasteiger partial charge in [-0.1, -0.05) is 13.8 Å². The third-order valence-corrected chi connectivity index (χ3v) is 2.96. The quantitative estimate of drug-likeness (QED) is 0.676. The first-order valence-corrected chi connectivity index (χ1v) is 5.19. The van der Waals surface area contributed by atoms with Crippen molar-refractivity contribution in [3.63, 3.8) is 0 Å². The van der Waals surface area contributed by atoms with Gasteiger partial charge in [-0.25, -0.2) is 5.14 Å². The first kappa shape index (κ1) is 10.9. The van der Waals surface area contributed by atoms with Gasteiger partial charge in [-0.05, 0) is 12.8 Å². The van der Waals surface area contributed by atoms with Crippen molar-refractivity contribution >= 4 is 10.2 Å². The van der Waals surface area contributed by atoms with Crippen LogP contribution in [0.5, 0.6) is 0 Å². The lowest BCUT2D eigenvalue weighted by Crippen LogP contribution is -2.40. The Morgan fingerprint density at radius 2 is 1.73 bits per heavy atom. The van der Waals surface area contributed by atoms with Crippen LogP contribution in [0.1, 0.15) is 26.7 Å². The third kappa shape index (κ3) is 3.18. The van der Waals surface area contributed by atoms with Crippen molar-refractivity contribution in [3.05, 3.63) is 0 Å². The summed E-state index contributed by atoms with van der Waals surface area (Å²) in [5.74, 6) is 0. The Morgan fingerprint density at radius 3 is 1.82 bits per heavy atom. The van der Waals surface area contributed by atoms with Gasteiger partial charge in [0.05, 0.1) is 0 Å². The topological polar surface area (TPSA) is 63.4 Å². The minimum atomic E-state index is -3.49. The second-order valence-corrected chi connectivity index (χ2v) is 4.14. The zero-order chi connectivity index (χ0) is 9.07. The highest BCUT2D eigenvalue weighted by Crippen LogP contribution is 2.07. The zero-order valence-corrected chi connectivity index (χ0v) is 8.06. The van der Waals surface area contributed by atoms with E-state index in [0.717, 1.165) is 12.8 Å². The fourth-order valence-corrected chi connectivity index (χ4v) is 1.72. The number of nitrogens with zero attached hydrogens (tertiary/aromatic N) is 1. The van der Waals surface area contributed by atoms with E-state index in [0.29, 0.717) is 0 Å². The lowest BCUT2D eigenvalue weighted by molar-refractivity contribution is 0.350. The largest absolute Gasteiger partial charge is 0.276 e. The second kappa shape index (κ2) is 4.04. The minimum absolute atomic E-state index is 0.0324. The lowest BCUT2D eigenvalue weighted by atomic mass is 10.2. The van der Waals surface area contributed by atoms with Gasteiger partial charge in [0.2, 0.25) is 0 Å². The molecule has 0 aromatic heterocycles. The van der Waals surface area contributed by atoms with E-state index in [9.17, 15) is 8.42 Å². The molecule has 68 valence electrons. The molecule has 0 bridgehead atoms. The molecule has 0 saturated carbocycles. The van der Waals surface area contributed by atoms with E-state index < -0.39 is 10.2 Å². The fraction of sp³-hybridized carbons (Fsp3) is 1.00. The average molecular weight is 180 g/mol. The van der Waals surface area contributed by atoms with Gasteiger partial charge in [0.25, 0.3) is 10.2 Å². The molecule has 11 heavy (non-hydrogen) atoms. The maximum atomic E-state index is 10.8. The van der Waals surface area contributed by atoms with Crippen LogP contribution in [0.4, 0.5) is 0 Å². The van der Waals surface area contributed by atoms with Crippen LogP contribution < -0.4 is 5.14 Å². The van der Waals surface area contributed by atoms with Gasteiger partial charge >= 0.3 is 0 Å². The van der Waals surface area contributed by atoms with Crippen molar-refractivity contribution in [2.75, 3.05) is 7.05 Å². The van der Waals surface area contributed by atoms with Crippen molar-refractivity contribution in [2.45, 2.75) is 32.7 Å². The third-order valence-electron chi connectivity index (χ3n) is 1.86. The summed E-state index contributed by atoms with van der Waals surface area (Å²) in [6.45, 7) is 3.88. The van der Waals surface area contributed by atoms with E-state index >= 15 is 0 Å². The summed E-state index contributed by atoms with van der Waals surface area (Å²) in [7, 11) is -1.99. The molecule has 0 aliphatic heterocycles. The van der Waals surface area contributed by atoms with E-state index in [1.807, 2.05) is 13.8 Å². The Balaban J connectivity index is 4.33. The van der Waals surface area contributed by atoms with Crippen molar-refractivity contribution in [1.29, 1.82) is 0 Å². The monoisotopic (exact) mass is 180 g/mol. The molecule has 4 nitrogen and oxygen atoms in total. The fourth-order valence-electron chi connectivity index (χ4n) is 1.01. The minimum Gasteiger partial charge on any atom is -0.216 e. The van der Waals surface area contributed by atoms with Crippen molar-refractivity contribution < 1.29 is 8.42 Å². The van der Waals surface area contributed by atoms with Gasteiger partial charge in [0, 0.05) is 13.1 Å². The molecular formula is C6H16N2O2S. The molecule has 0 aliphatic rings. The molecule has 0 atom stereocenters. The molecule has 2 N–H and O–H groups in total. The summed E-state index contributed by atoms with van der Waals surface area (Å²) in [5, 5.41) is 4.93. The Labute approximate surface area is 68.6 Å². The molecule has 0 amide bonds. The van der Waals surface area contributed by atoms with Crippen LogP contribution in [0.25, 0.3) is 0 Å². The molecule has 5 heteroatoms. The number of hydrogen-bond acceptors (Lipinski definition) is 2. The van der Waals surface area contributed by atoms with Gasteiger partial charge in [-0.3, -0.25) is 0 Å². The van der Waals surface area contributed by atoms with Crippen LogP contribution in [0, 0.1) is 0 Å². The molecule has 0 saturated heterocycles. The molecule has 0 rings (SSSR count). The maximum absolute atomic E-state index is 10.8. The van der Waals surface area contributed by atoms with E-state index in [2.05, 4.69) is 0 Å². The Morgan fingerprint density at radius 1 is 1.36 bits per heavy atom. The Hall–Kier alpha value is -0.130. The number of hydrogen-bond donors (Lipinski definition) is 1. The molecular weight excluding hydrogens is 164 g/mol. The zero-order valence-electron chi connectivity index (χ0n) is 7.24. The summed E-state index contributed by atoms with van der Waals surface area (Å²) in [4.78, 5) is 0. The average Bonchev–Trinajstić information content (AvgIpc) is 1.88. The Bertz CT molecular complexity index is 197. The summed E-state index contributed by atoms with van der Waals surface area (Å²) in [6, 6.07) is 0.0324. The maximum Gasteiger partial charge on any atom is 0.276 e. The van der Waals surface area contributed by atoms with Crippen LogP contribution in [0.15, 0.2) is 0 Å². The first-order valence-electron chi connectivity index (χ1n) is 3.69. The SMILES string of the molecule is CCC(CC)N(C)S(N)(=O)=O. The van der Waals surface area contributed by atoms with E-state index in [1.54, 1.807) is 0 Å².